The van der Waals surface area contributed by atoms with Crippen LogP contribution in [0, 0.1) is 0 Å². The molecule has 0 spiro atoms. The molecule has 0 aliphatic rings. The van der Waals surface area contributed by atoms with Gasteiger partial charge in [0.2, 0.25) is 0 Å². The van der Waals surface area contributed by atoms with Crippen molar-refractivity contribution in [3.8, 4) is 28.3 Å². The Morgan fingerprint density at radius 2 is 1.64 bits per heavy atom. The maximum atomic E-state index is 9.81. The average molecular weight is 374 g/mol. The van der Waals surface area contributed by atoms with Crippen LogP contribution in [0.25, 0.3) is 27.8 Å². The molecule has 4 aromatic rings. The van der Waals surface area contributed by atoms with Gasteiger partial charge in [0.1, 0.15) is 17.8 Å². The van der Waals surface area contributed by atoms with Gasteiger partial charge in [0.15, 0.2) is 0 Å². The van der Waals surface area contributed by atoms with Gasteiger partial charge in [-0.1, -0.05) is 24.3 Å². The fourth-order valence-electron chi connectivity index (χ4n) is 3.44. The van der Waals surface area contributed by atoms with Crippen molar-refractivity contribution in [1.82, 2.24) is 9.55 Å². The SMILES string of the molecule is COc1cccc(OC)c1-c1cccc(-n2cnc3cc(C(C)O)ccc32)c1. The van der Waals surface area contributed by atoms with Crippen LogP contribution in [0.1, 0.15) is 18.6 Å². The maximum absolute atomic E-state index is 9.81. The number of nitrogens with zero attached hydrogens (tertiary/aromatic N) is 2. The van der Waals surface area contributed by atoms with Gasteiger partial charge < -0.3 is 14.6 Å². The highest BCUT2D eigenvalue weighted by molar-refractivity contribution is 5.81. The third-order valence-corrected chi connectivity index (χ3v) is 4.89. The number of imidazole rings is 1. The fourth-order valence-corrected chi connectivity index (χ4v) is 3.44. The molecule has 0 aliphatic heterocycles. The van der Waals surface area contributed by atoms with Crippen molar-refractivity contribution >= 4 is 11.0 Å². The predicted octanol–water partition coefficient (Wildman–Crippen LogP) is 4.76. The molecule has 0 saturated heterocycles. The van der Waals surface area contributed by atoms with Crippen LogP contribution in [0.3, 0.4) is 0 Å². The van der Waals surface area contributed by atoms with Crippen molar-refractivity contribution in [2.24, 2.45) is 0 Å². The maximum Gasteiger partial charge on any atom is 0.130 e. The highest BCUT2D eigenvalue weighted by Crippen LogP contribution is 2.39. The number of hydrogen-bond donors (Lipinski definition) is 1. The monoisotopic (exact) mass is 374 g/mol. The molecule has 5 heteroatoms. The number of ether oxygens (including phenoxy) is 2. The second-order valence-corrected chi connectivity index (χ2v) is 6.63. The lowest BCUT2D eigenvalue weighted by Gasteiger charge is -2.14. The number of aliphatic hydroxyl groups excluding tert-OH is 1. The third-order valence-electron chi connectivity index (χ3n) is 4.89. The van der Waals surface area contributed by atoms with Crippen LogP contribution in [0.15, 0.2) is 67.0 Å². The largest absolute Gasteiger partial charge is 0.496 e. The summed E-state index contributed by atoms with van der Waals surface area (Å²) in [5.41, 5.74) is 5.57. The quantitative estimate of drug-likeness (QED) is 0.547. The molecule has 0 aliphatic carbocycles. The van der Waals surface area contributed by atoms with Crippen molar-refractivity contribution in [1.29, 1.82) is 0 Å². The average Bonchev–Trinajstić information content (AvgIpc) is 3.16. The number of rotatable bonds is 5. The molecule has 0 amide bonds. The number of benzene rings is 3. The first kappa shape index (κ1) is 18.1. The van der Waals surface area contributed by atoms with E-state index in [1.807, 2.05) is 59.2 Å². The molecule has 1 atom stereocenters. The van der Waals surface area contributed by atoms with Gasteiger partial charge in [0.05, 0.1) is 36.9 Å². The van der Waals surface area contributed by atoms with Gasteiger partial charge in [-0.3, -0.25) is 4.57 Å². The molecule has 1 N–H and O–H groups in total. The molecule has 1 heterocycles. The zero-order chi connectivity index (χ0) is 19.7. The highest BCUT2D eigenvalue weighted by Gasteiger charge is 2.14. The Hall–Kier alpha value is -3.31. The van der Waals surface area contributed by atoms with Crippen LogP contribution in [0.5, 0.6) is 11.5 Å². The first-order valence-electron chi connectivity index (χ1n) is 9.09. The van der Waals surface area contributed by atoms with E-state index in [1.165, 1.54) is 0 Å². The molecule has 0 radical (unpaired) electrons. The predicted molar refractivity (Wildman–Crippen MR) is 110 cm³/mol. The number of aliphatic hydroxyl groups is 1. The van der Waals surface area contributed by atoms with E-state index in [4.69, 9.17) is 9.47 Å². The van der Waals surface area contributed by atoms with E-state index in [0.717, 1.165) is 44.9 Å². The summed E-state index contributed by atoms with van der Waals surface area (Å²) in [7, 11) is 3.32. The Kier molecular flexibility index (Phi) is 4.75. The lowest BCUT2D eigenvalue weighted by molar-refractivity contribution is 0.199. The van der Waals surface area contributed by atoms with Crippen molar-refractivity contribution < 1.29 is 14.6 Å². The zero-order valence-corrected chi connectivity index (χ0v) is 16.1. The van der Waals surface area contributed by atoms with Gasteiger partial charge in [-0.25, -0.2) is 4.98 Å². The van der Waals surface area contributed by atoms with Crippen molar-refractivity contribution in [2.45, 2.75) is 13.0 Å². The molecule has 3 aromatic carbocycles. The summed E-state index contributed by atoms with van der Waals surface area (Å²) in [4.78, 5) is 4.51. The topological polar surface area (TPSA) is 56.5 Å². The van der Waals surface area contributed by atoms with E-state index >= 15 is 0 Å². The Balaban J connectivity index is 1.84. The molecule has 5 nitrogen and oxygen atoms in total. The van der Waals surface area contributed by atoms with E-state index in [-0.39, 0.29) is 0 Å². The summed E-state index contributed by atoms with van der Waals surface area (Å²) in [6.07, 6.45) is 1.28. The molecule has 1 aromatic heterocycles. The standard InChI is InChI=1S/C23H22N2O3/c1-15(26)16-10-11-20-19(13-16)24-14-25(20)18-7-4-6-17(12-18)23-21(27-2)8-5-9-22(23)28-3/h4-15,26H,1-3H3. The minimum absolute atomic E-state index is 0.518. The number of fused-ring (bicyclic) bond motifs is 1. The van der Waals surface area contributed by atoms with Gasteiger partial charge in [0, 0.05) is 5.69 Å². The summed E-state index contributed by atoms with van der Waals surface area (Å²) < 4.78 is 13.1. The molecule has 4 rings (SSSR count). The molecule has 28 heavy (non-hydrogen) atoms. The normalized spacial score (nSPS) is 12.1. The lowest BCUT2D eigenvalue weighted by atomic mass is 10.0. The highest BCUT2D eigenvalue weighted by atomic mass is 16.5. The van der Waals surface area contributed by atoms with E-state index in [1.54, 1.807) is 27.5 Å². The second-order valence-electron chi connectivity index (χ2n) is 6.63. The van der Waals surface area contributed by atoms with Crippen molar-refractivity contribution in [2.75, 3.05) is 14.2 Å². The van der Waals surface area contributed by atoms with E-state index in [9.17, 15) is 5.11 Å². The van der Waals surface area contributed by atoms with Crippen molar-refractivity contribution in [3.63, 3.8) is 0 Å². The summed E-state index contributed by atoms with van der Waals surface area (Å²) in [5, 5.41) is 9.81. The van der Waals surface area contributed by atoms with Gasteiger partial charge in [-0.05, 0) is 54.4 Å². The van der Waals surface area contributed by atoms with Gasteiger partial charge in [-0.15, -0.1) is 0 Å². The van der Waals surface area contributed by atoms with Crippen LogP contribution in [-0.2, 0) is 0 Å². The molecular formula is C23H22N2O3. The smallest absolute Gasteiger partial charge is 0.130 e. The van der Waals surface area contributed by atoms with E-state index < -0.39 is 6.10 Å². The Morgan fingerprint density at radius 1 is 0.929 bits per heavy atom. The van der Waals surface area contributed by atoms with Crippen LogP contribution in [0.4, 0.5) is 0 Å². The Morgan fingerprint density at radius 3 is 2.32 bits per heavy atom. The first-order chi connectivity index (χ1) is 13.6. The van der Waals surface area contributed by atoms with Gasteiger partial charge in [-0.2, -0.15) is 0 Å². The number of hydrogen-bond acceptors (Lipinski definition) is 4. The number of methoxy groups -OCH3 is 2. The Bertz CT molecular complexity index is 1110. The van der Waals surface area contributed by atoms with E-state index in [0.29, 0.717) is 0 Å². The van der Waals surface area contributed by atoms with Crippen LogP contribution < -0.4 is 9.47 Å². The molecule has 0 saturated carbocycles. The molecule has 1 unspecified atom stereocenters. The molecule has 0 bridgehead atoms. The van der Waals surface area contributed by atoms with Crippen LogP contribution in [-0.4, -0.2) is 28.9 Å². The van der Waals surface area contributed by atoms with Crippen molar-refractivity contribution in [3.05, 3.63) is 72.6 Å². The fraction of sp³-hybridized carbons (Fsp3) is 0.174. The minimum atomic E-state index is -0.518. The van der Waals surface area contributed by atoms with Gasteiger partial charge in [0.25, 0.3) is 0 Å². The van der Waals surface area contributed by atoms with Crippen LogP contribution in [0.2, 0.25) is 0 Å². The molecular weight excluding hydrogens is 352 g/mol. The van der Waals surface area contributed by atoms with Gasteiger partial charge >= 0.3 is 0 Å². The Labute approximate surface area is 163 Å². The minimum Gasteiger partial charge on any atom is -0.496 e. The lowest BCUT2D eigenvalue weighted by Crippen LogP contribution is -1.96. The zero-order valence-electron chi connectivity index (χ0n) is 16.1. The summed E-state index contributed by atoms with van der Waals surface area (Å²) in [6.45, 7) is 1.75. The number of aromatic nitrogens is 2. The summed E-state index contributed by atoms with van der Waals surface area (Å²) in [5.74, 6) is 1.52. The molecule has 142 valence electrons. The first-order valence-corrected chi connectivity index (χ1v) is 9.09. The second kappa shape index (κ2) is 7.37. The molecule has 0 fully saturated rings. The van der Waals surface area contributed by atoms with Crippen LogP contribution >= 0.6 is 0 Å². The van der Waals surface area contributed by atoms with E-state index in [2.05, 4.69) is 11.1 Å². The third kappa shape index (κ3) is 3.10. The summed E-state index contributed by atoms with van der Waals surface area (Å²) >= 11 is 0. The summed E-state index contributed by atoms with van der Waals surface area (Å²) in [6, 6.07) is 19.8.